The van der Waals surface area contributed by atoms with E-state index in [4.69, 9.17) is 10.00 Å². The first-order chi connectivity index (χ1) is 10.3. The van der Waals surface area contributed by atoms with E-state index in [1.165, 1.54) is 0 Å². The lowest BCUT2D eigenvalue weighted by molar-refractivity contribution is 0.0393. The average molecular weight is 282 g/mol. The Labute approximate surface area is 122 Å². The maximum Gasteiger partial charge on any atom is 0.163 e. The molecule has 0 amide bonds. The summed E-state index contributed by atoms with van der Waals surface area (Å²) >= 11 is 0. The van der Waals surface area contributed by atoms with Gasteiger partial charge in [-0.05, 0) is 29.8 Å². The van der Waals surface area contributed by atoms with Crippen LogP contribution in [0.4, 0.5) is 5.82 Å². The Bertz CT molecular complexity index is 666. The van der Waals surface area contributed by atoms with Gasteiger partial charge in [0.2, 0.25) is 0 Å². The third-order valence-electron chi connectivity index (χ3n) is 3.40. The fourth-order valence-electron chi connectivity index (χ4n) is 2.34. The summed E-state index contributed by atoms with van der Waals surface area (Å²) in [7, 11) is 0. The molecule has 1 aromatic heterocycles. The van der Waals surface area contributed by atoms with Crippen LogP contribution >= 0.6 is 0 Å². The number of morpholine rings is 1. The molecule has 1 atom stereocenters. The van der Waals surface area contributed by atoms with E-state index < -0.39 is 0 Å². The van der Waals surface area contributed by atoms with Crippen molar-refractivity contribution in [2.24, 2.45) is 0 Å². The molecule has 1 fully saturated rings. The molecule has 1 unspecified atom stereocenters. The zero-order chi connectivity index (χ0) is 14.7. The van der Waals surface area contributed by atoms with Gasteiger partial charge in [0.1, 0.15) is 17.9 Å². The van der Waals surface area contributed by atoms with Crippen molar-refractivity contribution in [2.75, 3.05) is 24.6 Å². The fourth-order valence-corrected chi connectivity index (χ4v) is 2.34. The zero-order valence-corrected chi connectivity index (χ0v) is 11.3. The molecule has 6 heteroatoms. The minimum atomic E-state index is -0.122. The van der Waals surface area contributed by atoms with Crippen molar-refractivity contribution < 1.29 is 9.84 Å². The first kappa shape index (κ1) is 13.3. The predicted octanol–water partition coefficient (Wildman–Crippen LogP) is 1.63. The number of ether oxygens (including phenoxy) is 1. The number of nitrogens with zero attached hydrogens (tertiary/aromatic N) is 4. The molecular formula is C15H14N4O2. The molecule has 0 aliphatic carbocycles. The minimum absolute atomic E-state index is 0.122. The number of phenols is 1. The minimum Gasteiger partial charge on any atom is -0.508 e. The van der Waals surface area contributed by atoms with Gasteiger partial charge in [-0.25, -0.2) is 0 Å². The van der Waals surface area contributed by atoms with E-state index >= 15 is 0 Å². The number of aromatic hydroxyl groups is 1. The summed E-state index contributed by atoms with van der Waals surface area (Å²) in [4.78, 5) is 2.06. The lowest BCUT2D eigenvalue weighted by Crippen LogP contribution is -2.39. The molecule has 2 heterocycles. The second kappa shape index (κ2) is 5.77. The molecule has 0 radical (unpaired) electrons. The van der Waals surface area contributed by atoms with Crippen LogP contribution in [0, 0.1) is 11.3 Å². The molecule has 0 bridgehead atoms. The van der Waals surface area contributed by atoms with Crippen LogP contribution in [-0.4, -0.2) is 35.0 Å². The Balaban J connectivity index is 1.77. The van der Waals surface area contributed by atoms with E-state index in [9.17, 15) is 5.11 Å². The highest BCUT2D eigenvalue weighted by Crippen LogP contribution is 2.26. The first-order valence-corrected chi connectivity index (χ1v) is 6.65. The number of rotatable bonds is 2. The Kier molecular flexibility index (Phi) is 3.67. The largest absolute Gasteiger partial charge is 0.508 e. The monoisotopic (exact) mass is 282 g/mol. The molecule has 21 heavy (non-hydrogen) atoms. The van der Waals surface area contributed by atoms with Gasteiger partial charge in [-0.1, -0.05) is 12.1 Å². The molecule has 6 nitrogen and oxygen atoms in total. The number of aromatic nitrogens is 2. The maximum absolute atomic E-state index is 9.56. The Morgan fingerprint density at radius 3 is 2.90 bits per heavy atom. The van der Waals surface area contributed by atoms with E-state index in [1.54, 1.807) is 30.3 Å². The quantitative estimate of drug-likeness (QED) is 0.901. The van der Waals surface area contributed by atoms with E-state index in [0.717, 1.165) is 17.9 Å². The van der Waals surface area contributed by atoms with Crippen LogP contribution < -0.4 is 4.90 Å². The van der Waals surface area contributed by atoms with Crippen LogP contribution in [-0.2, 0) is 4.74 Å². The van der Waals surface area contributed by atoms with Gasteiger partial charge < -0.3 is 14.7 Å². The number of hydrogen-bond donors (Lipinski definition) is 1. The van der Waals surface area contributed by atoms with Crippen LogP contribution in [0.15, 0.2) is 36.4 Å². The van der Waals surface area contributed by atoms with Crippen molar-refractivity contribution in [3.05, 3.63) is 47.7 Å². The summed E-state index contributed by atoms with van der Waals surface area (Å²) in [6.07, 6.45) is -0.122. The summed E-state index contributed by atoms with van der Waals surface area (Å²) in [5.74, 6) is 0.953. The number of nitriles is 1. The molecule has 1 aromatic carbocycles. The normalized spacial score (nSPS) is 18.2. The molecule has 1 saturated heterocycles. The van der Waals surface area contributed by atoms with Crippen molar-refractivity contribution >= 4 is 5.82 Å². The van der Waals surface area contributed by atoms with Crippen LogP contribution in [0.5, 0.6) is 5.75 Å². The topological polar surface area (TPSA) is 82.3 Å². The number of benzene rings is 1. The molecule has 2 aromatic rings. The Hall–Kier alpha value is -2.65. The van der Waals surface area contributed by atoms with Gasteiger partial charge in [-0.3, -0.25) is 0 Å². The lowest BCUT2D eigenvalue weighted by Gasteiger charge is -2.33. The van der Waals surface area contributed by atoms with Crippen molar-refractivity contribution in [3.63, 3.8) is 0 Å². The van der Waals surface area contributed by atoms with Gasteiger partial charge in [0, 0.05) is 13.1 Å². The second-order valence-electron chi connectivity index (χ2n) is 4.79. The fraction of sp³-hybridized carbons (Fsp3) is 0.267. The van der Waals surface area contributed by atoms with Gasteiger partial charge in [0.15, 0.2) is 11.5 Å². The molecule has 1 aliphatic heterocycles. The van der Waals surface area contributed by atoms with Crippen LogP contribution in [0.3, 0.4) is 0 Å². The summed E-state index contributed by atoms with van der Waals surface area (Å²) in [5.41, 5.74) is 1.23. The highest BCUT2D eigenvalue weighted by atomic mass is 16.5. The van der Waals surface area contributed by atoms with E-state index in [2.05, 4.69) is 15.1 Å². The van der Waals surface area contributed by atoms with Gasteiger partial charge in [-0.2, -0.15) is 5.26 Å². The summed E-state index contributed by atoms with van der Waals surface area (Å²) in [6.45, 7) is 1.92. The summed E-state index contributed by atoms with van der Waals surface area (Å²) in [6, 6.07) is 12.5. The standard InChI is InChI=1S/C15H14N4O2/c16-9-12-4-5-15(18-17-12)19-6-7-21-14(10-19)11-2-1-3-13(20)8-11/h1-5,8,14,20H,6-7,10H2. The van der Waals surface area contributed by atoms with Gasteiger partial charge >= 0.3 is 0 Å². The summed E-state index contributed by atoms with van der Waals surface area (Å²) in [5, 5.41) is 26.2. The van der Waals surface area contributed by atoms with Crippen LogP contribution in [0.25, 0.3) is 0 Å². The average Bonchev–Trinajstić information content (AvgIpc) is 2.55. The second-order valence-corrected chi connectivity index (χ2v) is 4.79. The van der Waals surface area contributed by atoms with Crippen LogP contribution in [0.1, 0.15) is 17.4 Å². The Morgan fingerprint density at radius 1 is 1.29 bits per heavy atom. The molecular weight excluding hydrogens is 268 g/mol. The molecule has 1 N–H and O–H groups in total. The lowest BCUT2D eigenvalue weighted by atomic mass is 10.1. The molecule has 3 rings (SSSR count). The summed E-state index contributed by atoms with van der Waals surface area (Å²) < 4.78 is 5.76. The number of phenolic OH excluding ortho intramolecular Hbond substituents is 1. The smallest absolute Gasteiger partial charge is 0.163 e. The van der Waals surface area contributed by atoms with Crippen LogP contribution in [0.2, 0.25) is 0 Å². The van der Waals surface area contributed by atoms with Crippen molar-refractivity contribution in [1.82, 2.24) is 10.2 Å². The number of hydrogen-bond acceptors (Lipinski definition) is 6. The number of anilines is 1. The maximum atomic E-state index is 9.56. The van der Waals surface area contributed by atoms with Crippen molar-refractivity contribution in [1.29, 1.82) is 5.26 Å². The van der Waals surface area contributed by atoms with E-state index in [0.29, 0.717) is 18.8 Å². The predicted molar refractivity (Wildman–Crippen MR) is 75.8 cm³/mol. The first-order valence-electron chi connectivity index (χ1n) is 6.65. The highest BCUT2D eigenvalue weighted by molar-refractivity contribution is 5.40. The third kappa shape index (κ3) is 2.93. The molecule has 1 aliphatic rings. The van der Waals surface area contributed by atoms with Gasteiger partial charge in [0.05, 0.1) is 6.61 Å². The third-order valence-corrected chi connectivity index (χ3v) is 3.40. The SMILES string of the molecule is N#Cc1ccc(N2CCOC(c3cccc(O)c3)C2)nn1. The molecule has 106 valence electrons. The van der Waals surface area contributed by atoms with Crippen molar-refractivity contribution in [3.8, 4) is 11.8 Å². The highest BCUT2D eigenvalue weighted by Gasteiger charge is 2.23. The van der Waals surface area contributed by atoms with Gasteiger partial charge in [-0.15, -0.1) is 10.2 Å². The zero-order valence-electron chi connectivity index (χ0n) is 11.3. The Morgan fingerprint density at radius 2 is 2.19 bits per heavy atom. The van der Waals surface area contributed by atoms with E-state index in [-0.39, 0.29) is 11.9 Å². The molecule has 0 saturated carbocycles. The van der Waals surface area contributed by atoms with E-state index in [1.807, 2.05) is 12.1 Å². The van der Waals surface area contributed by atoms with Gasteiger partial charge in [0.25, 0.3) is 0 Å². The molecule has 0 spiro atoms. The van der Waals surface area contributed by atoms with Crippen molar-refractivity contribution in [2.45, 2.75) is 6.10 Å².